The minimum Gasteiger partial charge on any atom is -0.872 e. The van der Waals surface area contributed by atoms with E-state index in [2.05, 4.69) is 6.92 Å². The number of carboxylic acids is 1. The summed E-state index contributed by atoms with van der Waals surface area (Å²) >= 11 is 0. The van der Waals surface area contributed by atoms with Gasteiger partial charge in [-0.25, -0.2) is 4.79 Å². The summed E-state index contributed by atoms with van der Waals surface area (Å²) < 4.78 is 0. The minimum atomic E-state index is -0.971. The summed E-state index contributed by atoms with van der Waals surface area (Å²) in [6, 6.07) is 0. The number of allylic oxidation sites excluding steroid dienone is 10. The summed E-state index contributed by atoms with van der Waals surface area (Å²) in [6.07, 6.45) is 27.9. The van der Waals surface area contributed by atoms with Gasteiger partial charge in [-0.2, -0.15) is 0 Å². The number of aliphatic carboxylic acids is 1. The molecule has 3 heteroatoms. The molecule has 0 aromatic rings. The van der Waals surface area contributed by atoms with Crippen LogP contribution in [0.15, 0.2) is 72.6 Å². The van der Waals surface area contributed by atoms with Crippen LogP contribution in [0.4, 0.5) is 0 Å². The highest BCUT2D eigenvalue weighted by molar-refractivity contribution is 5.80. The van der Waals surface area contributed by atoms with Crippen molar-refractivity contribution in [3.63, 3.8) is 0 Å². The standard InChI is InChI=1S/C22H32O3/c1-2-3-4-5-6-7-9-12-15-18-21(23)19-16-13-10-8-11-14-17-20-22(24)25/h8,10-11,13-20,23H,2-7,9,12H2,1H3,(H,24,25)/p-1/b10-8+,14-11+,16-13+,18-15+,20-17+,21-19-. The number of hydrogen-bond acceptors (Lipinski definition) is 2. The van der Waals surface area contributed by atoms with E-state index in [9.17, 15) is 9.90 Å². The predicted molar refractivity (Wildman–Crippen MR) is 104 cm³/mol. The molecule has 0 fully saturated rings. The summed E-state index contributed by atoms with van der Waals surface area (Å²) in [4.78, 5) is 10.2. The highest BCUT2D eigenvalue weighted by atomic mass is 16.4. The van der Waals surface area contributed by atoms with Crippen LogP contribution < -0.4 is 5.11 Å². The Hall–Kier alpha value is -2.29. The van der Waals surface area contributed by atoms with E-state index >= 15 is 0 Å². The first-order valence-electron chi connectivity index (χ1n) is 9.11. The maximum absolute atomic E-state index is 11.6. The molecule has 0 saturated heterocycles. The Morgan fingerprint density at radius 1 is 0.800 bits per heavy atom. The molecule has 0 aliphatic heterocycles. The molecule has 0 saturated carbocycles. The number of carboxylic acid groups (broad SMARTS) is 1. The van der Waals surface area contributed by atoms with Gasteiger partial charge in [0.05, 0.1) is 0 Å². The molecule has 0 amide bonds. The van der Waals surface area contributed by atoms with Gasteiger partial charge in [-0.15, -0.1) is 5.76 Å². The molecule has 0 aromatic carbocycles. The summed E-state index contributed by atoms with van der Waals surface area (Å²) in [7, 11) is 0. The van der Waals surface area contributed by atoms with Crippen LogP contribution in [0.1, 0.15) is 58.3 Å². The lowest BCUT2D eigenvalue weighted by Crippen LogP contribution is -1.98. The Kier molecular flexibility index (Phi) is 16.4. The van der Waals surface area contributed by atoms with E-state index in [0.29, 0.717) is 0 Å². The molecule has 0 heterocycles. The maximum Gasteiger partial charge on any atom is 0.328 e. The molecule has 0 unspecified atom stereocenters. The number of hydrogen-bond donors (Lipinski definition) is 1. The summed E-state index contributed by atoms with van der Waals surface area (Å²) in [5, 5.41) is 20.0. The summed E-state index contributed by atoms with van der Waals surface area (Å²) in [5.74, 6) is -0.978. The van der Waals surface area contributed by atoms with Gasteiger partial charge in [0, 0.05) is 6.08 Å². The molecule has 25 heavy (non-hydrogen) atoms. The van der Waals surface area contributed by atoms with Crippen molar-refractivity contribution in [2.24, 2.45) is 0 Å². The van der Waals surface area contributed by atoms with E-state index in [0.717, 1.165) is 18.9 Å². The molecule has 0 aliphatic carbocycles. The number of unbranched alkanes of at least 4 members (excludes halogenated alkanes) is 7. The third-order valence-electron chi connectivity index (χ3n) is 3.42. The third kappa shape index (κ3) is 19.7. The molecule has 1 N–H and O–H groups in total. The lowest BCUT2D eigenvalue weighted by molar-refractivity contribution is -0.294. The Morgan fingerprint density at radius 2 is 1.36 bits per heavy atom. The molecule has 0 bridgehead atoms. The lowest BCUT2D eigenvalue weighted by Gasteiger charge is -2.03. The van der Waals surface area contributed by atoms with Gasteiger partial charge in [-0.1, -0.05) is 106 Å². The van der Waals surface area contributed by atoms with Crippen LogP contribution in [-0.2, 0) is 4.79 Å². The van der Waals surface area contributed by atoms with Crippen molar-refractivity contribution < 1.29 is 15.0 Å². The molecule has 0 rings (SSSR count). The van der Waals surface area contributed by atoms with Crippen LogP contribution in [0.2, 0.25) is 0 Å². The first kappa shape index (κ1) is 22.7. The van der Waals surface area contributed by atoms with Gasteiger partial charge in [0.15, 0.2) is 0 Å². The average Bonchev–Trinajstić information content (AvgIpc) is 2.58. The zero-order valence-corrected chi connectivity index (χ0v) is 15.3. The molecule has 138 valence electrons. The van der Waals surface area contributed by atoms with Gasteiger partial charge in [0.2, 0.25) is 0 Å². The lowest BCUT2D eigenvalue weighted by atomic mass is 10.1. The zero-order chi connectivity index (χ0) is 18.6. The molecular weight excluding hydrogens is 312 g/mol. The Morgan fingerprint density at radius 3 is 2.00 bits per heavy atom. The highest BCUT2D eigenvalue weighted by Crippen LogP contribution is 2.08. The fourth-order valence-electron chi connectivity index (χ4n) is 2.08. The molecule has 0 aliphatic rings. The van der Waals surface area contributed by atoms with Gasteiger partial charge >= 0.3 is 5.97 Å². The van der Waals surface area contributed by atoms with Gasteiger partial charge in [0.25, 0.3) is 0 Å². The molecule has 0 atom stereocenters. The monoisotopic (exact) mass is 343 g/mol. The number of carbonyl (C=O) groups is 1. The van der Waals surface area contributed by atoms with E-state index in [1.807, 2.05) is 6.08 Å². The first-order valence-corrected chi connectivity index (χ1v) is 9.11. The van der Waals surface area contributed by atoms with Gasteiger partial charge in [-0.05, 0) is 12.8 Å². The first-order chi connectivity index (χ1) is 12.2. The van der Waals surface area contributed by atoms with E-state index < -0.39 is 5.97 Å². The normalized spacial score (nSPS) is 13.4. The quantitative estimate of drug-likeness (QED) is 0.203. The SMILES string of the molecule is CCCCCCCCC/C=C/C([O-])=C/C=C/C=C/C=C/C=C/C(=O)O. The van der Waals surface area contributed by atoms with Crippen molar-refractivity contribution in [1.29, 1.82) is 0 Å². The second kappa shape index (κ2) is 18.1. The molecule has 0 spiro atoms. The van der Waals surface area contributed by atoms with Gasteiger partial charge < -0.3 is 10.2 Å². The molecule has 0 radical (unpaired) electrons. The van der Waals surface area contributed by atoms with Gasteiger partial charge in [-0.3, -0.25) is 0 Å². The van der Waals surface area contributed by atoms with Crippen molar-refractivity contribution in [1.82, 2.24) is 0 Å². The summed E-state index contributed by atoms with van der Waals surface area (Å²) in [5.41, 5.74) is 0. The smallest absolute Gasteiger partial charge is 0.328 e. The second-order valence-electron chi connectivity index (χ2n) is 5.73. The summed E-state index contributed by atoms with van der Waals surface area (Å²) in [6.45, 7) is 2.23. The topological polar surface area (TPSA) is 60.4 Å². The Bertz CT molecular complexity index is 505. The molecular formula is C22H31O3-. The van der Waals surface area contributed by atoms with E-state index in [1.54, 1.807) is 42.5 Å². The third-order valence-corrected chi connectivity index (χ3v) is 3.42. The maximum atomic E-state index is 11.6. The van der Waals surface area contributed by atoms with Crippen molar-refractivity contribution in [3.8, 4) is 0 Å². The number of rotatable bonds is 14. The highest BCUT2D eigenvalue weighted by Gasteiger charge is 1.89. The van der Waals surface area contributed by atoms with Crippen LogP contribution in [0.5, 0.6) is 0 Å². The minimum absolute atomic E-state index is 0.00692. The van der Waals surface area contributed by atoms with E-state index in [-0.39, 0.29) is 5.76 Å². The molecule has 3 nitrogen and oxygen atoms in total. The van der Waals surface area contributed by atoms with Crippen LogP contribution >= 0.6 is 0 Å². The molecule has 0 aromatic heterocycles. The zero-order valence-electron chi connectivity index (χ0n) is 15.3. The van der Waals surface area contributed by atoms with E-state index in [4.69, 9.17) is 5.11 Å². The van der Waals surface area contributed by atoms with Crippen molar-refractivity contribution in [2.45, 2.75) is 58.3 Å². The van der Waals surface area contributed by atoms with Crippen LogP contribution in [0, 0.1) is 0 Å². The van der Waals surface area contributed by atoms with Crippen molar-refractivity contribution in [2.75, 3.05) is 0 Å². The second-order valence-corrected chi connectivity index (χ2v) is 5.73. The van der Waals surface area contributed by atoms with E-state index in [1.165, 1.54) is 50.7 Å². The van der Waals surface area contributed by atoms with Crippen LogP contribution in [0.25, 0.3) is 0 Å². The fraction of sp³-hybridized carbons (Fsp3) is 0.409. The Labute approximate surface area is 152 Å². The Balaban J connectivity index is 3.80. The van der Waals surface area contributed by atoms with Crippen molar-refractivity contribution in [3.05, 3.63) is 72.6 Å². The predicted octanol–water partition coefficient (Wildman–Crippen LogP) is 5.24. The van der Waals surface area contributed by atoms with Crippen LogP contribution in [-0.4, -0.2) is 11.1 Å². The van der Waals surface area contributed by atoms with Crippen molar-refractivity contribution >= 4 is 5.97 Å². The van der Waals surface area contributed by atoms with Gasteiger partial charge in [0.1, 0.15) is 0 Å². The fourth-order valence-corrected chi connectivity index (χ4v) is 2.08. The average molecular weight is 343 g/mol. The largest absolute Gasteiger partial charge is 0.872 e. The van der Waals surface area contributed by atoms with Crippen LogP contribution in [0.3, 0.4) is 0 Å².